The maximum absolute atomic E-state index is 5.85. The average molecular weight is 265 g/mol. The Kier molecular flexibility index (Phi) is 4.39. The van der Waals surface area contributed by atoms with E-state index in [2.05, 4.69) is 4.98 Å². The molecule has 0 aliphatic rings. The van der Waals surface area contributed by atoms with Crippen LogP contribution in [0.2, 0.25) is 5.02 Å². The maximum atomic E-state index is 5.85. The molecule has 2 aromatic rings. The Labute approximate surface area is 112 Å². The number of rotatable bonds is 5. The Morgan fingerprint density at radius 2 is 1.89 bits per heavy atom. The van der Waals surface area contributed by atoms with E-state index in [-0.39, 0.29) is 0 Å². The first-order chi connectivity index (χ1) is 8.69. The molecule has 0 spiro atoms. The molecular formula is C14H17ClN2O. The molecule has 0 aliphatic carbocycles. The van der Waals surface area contributed by atoms with Gasteiger partial charge in [-0.25, -0.2) is 4.98 Å². The second-order valence-electron chi connectivity index (χ2n) is 4.28. The highest BCUT2D eigenvalue weighted by molar-refractivity contribution is 6.30. The molecule has 18 heavy (non-hydrogen) atoms. The molecule has 0 unspecified atom stereocenters. The fraction of sp³-hybridized carbons (Fsp3) is 0.357. The zero-order chi connectivity index (χ0) is 13.0. The van der Waals surface area contributed by atoms with Gasteiger partial charge in [0.2, 0.25) is 0 Å². The van der Waals surface area contributed by atoms with Gasteiger partial charge in [0.15, 0.2) is 5.89 Å². The fourth-order valence-corrected chi connectivity index (χ4v) is 1.99. The second kappa shape index (κ2) is 6.03. The van der Waals surface area contributed by atoms with Crippen molar-refractivity contribution in [2.45, 2.75) is 26.2 Å². The predicted octanol–water partition coefficient (Wildman–Crippen LogP) is 2.92. The molecule has 1 heterocycles. The van der Waals surface area contributed by atoms with E-state index < -0.39 is 0 Å². The number of nitrogens with zero attached hydrogens (tertiary/aromatic N) is 1. The molecule has 0 saturated heterocycles. The summed E-state index contributed by atoms with van der Waals surface area (Å²) in [5.41, 5.74) is 7.73. The van der Waals surface area contributed by atoms with Crippen LogP contribution in [0.3, 0.4) is 0 Å². The van der Waals surface area contributed by atoms with Crippen LogP contribution in [0, 0.1) is 6.92 Å². The number of oxazole rings is 1. The lowest BCUT2D eigenvalue weighted by Gasteiger charge is -1.98. The summed E-state index contributed by atoms with van der Waals surface area (Å²) in [6, 6.07) is 7.85. The first kappa shape index (κ1) is 13.1. The van der Waals surface area contributed by atoms with Crippen molar-refractivity contribution in [2.24, 2.45) is 5.73 Å². The highest BCUT2D eigenvalue weighted by Crippen LogP contribution is 2.14. The molecule has 0 fully saturated rings. The summed E-state index contributed by atoms with van der Waals surface area (Å²) in [6.07, 6.45) is 2.47. The van der Waals surface area contributed by atoms with Crippen molar-refractivity contribution in [2.75, 3.05) is 6.54 Å². The Hall–Kier alpha value is -1.32. The van der Waals surface area contributed by atoms with Crippen molar-refractivity contribution >= 4 is 11.6 Å². The number of halogens is 1. The highest BCUT2D eigenvalue weighted by atomic mass is 35.5. The zero-order valence-electron chi connectivity index (χ0n) is 10.4. The van der Waals surface area contributed by atoms with Gasteiger partial charge in [-0.2, -0.15) is 0 Å². The number of hydrogen-bond donors (Lipinski definition) is 1. The summed E-state index contributed by atoms with van der Waals surface area (Å²) in [7, 11) is 0. The molecule has 0 amide bonds. The van der Waals surface area contributed by atoms with Crippen LogP contribution in [0.1, 0.15) is 22.9 Å². The summed E-state index contributed by atoms with van der Waals surface area (Å²) in [5, 5.41) is 0.760. The number of nitrogens with two attached hydrogens (primary N) is 1. The summed E-state index contributed by atoms with van der Waals surface area (Å²) >= 11 is 5.85. The van der Waals surface area contributed by atoms with E-state index in [0.29, 0.717) is 6.54 Å². The number of hydrogen-bond acceptors (Lipinski definition) is 3. The van der Waals surface area contributed by atoms with E-state index in [9.17, 15) is 0 Å². The molecule has 4 heteroatoms. The standard InChI is InChI=1S/C14H17ClN2O/c1-10-13(8-9-16)17-14(18-10)7-4-11-2-5-12(15)6-3-11/h2-3,5-6H,4,7-9,16H2,1H3. The molecule has 0 atom stereocenters. The molecule has 2 N–H and O–H groups in total. The van der Waals surface area contributed by atoms with Gasteiger partial charge in [-0.3, -0.25) is 0 Å². The van der Waals surface area contributed by atoms with E-state index in [4.69, 9.17) is 21.8 Å². The molecular weight excluding hydrogens is 248 g/mol. The molecule has 1 aromatic carbocycles. The minimum atomic E-state index is 0.601. The monoisotopic (exact) mass is 264 g/mol. The Balaban J connectivity index is 1.97. The van der Waals surface area contributed by atoms with Gasteiger partial charge in [-0.1, -0.05) is 23.7 Å². The van der Waals surface area contributed by atoms with Crippen LogP contribution >= 0.6 is 11.6 Å². The smallest absolute Gasteiger partial charge is 0.194 e. The Morgan fingerprint density at radius 3 is 2.56 bits per heavy atom. The lowest BCUT2D eigenvalue weighted by atomic mass is 10.1. The highest BCUT2D eigenvalue weighted by Gasteiger charge is 2.08. The maximum Gasteiger partial charge on any atom is 0.194 e. The SMILES string of the molecule is Cc1oc(CCc2ccc(Cl)cc2)nc1CCN. The van der Waals surface area contributed by atoms with E-state index in [1.165, 1.54) is 5.56 Å². The van der Waals surface area contributed by atoms with Gasteiger partial charge >= 0.3 is 0 Å². The third-order valence-corrected chi connectivity index (χ3v) is 3.11. The van der Waals surface area contributed by atoms with E-state index in [0.717, 1.165) is 41.6 Å². The molecule has 96 valence electrons. The lowest BCUT2D eigenvalue weighted by molar-refractivity contribution is 0.469. The van der Waals surface area contributed by atoms with Gasteiger partial charge in [-0.15, -0.1) is 0 Å². The van der Waals surface area contributed by atoms with Crippen molar-refractivity contribution in [1.82, 2.24) is 4.98 Å². The predicted molar refractivity (Wildman–Crippen MR) is 72.9 cm³/mol. The van der Waals surface area contributed by atoms with Crippen molar-refractivity contribution in [3.8, 4) is 0 Å². The van der Waals surface area contributed by atoms with E-state index in [1.807, 2.05) is 31.2 Å². The van der Waals surface area contributed by atoms with Crippen LogP contribution in [0.4, 0.5) is 0 Å². The molecule has 0 radical (unpaired) electrons. The van der Waals surface area contributed by atoms with E-state index in [1.54, 1.807) is 0 Å². The van der Waals surface area contributed by atoms with Crippen molar-refractivity contribution in [1.29, 1.82) is 0 Å². The minimum Gasteiger partial charge on any atom is -0.446 e. The van der Waals surface area contributed by atoms with E-state index >= 15 is 0 Å². The van der Waals surface area contributed by atoms with Crippen molar-refractivity contribution in [3.05, 3.63) is 52.2 Å². The summed E-state index contributed by atoms with van der Waals surface area (Å²) in [6.45, 7) is 2.54. The molecule has 3 nitrogen and oxygen atoms in total. The van der Waals surface area contributed by atoms with Crippen molar-refractivity contribution < 1.29 is 4.42 Å². The Bertz CT molecular complexity index is 505. The van der Waals surface area contributed by atoms with Gasteiger partial charge in [0.25, 0.3) is 0 Å². The third kappa shape index (κ3) is 3.34. The molecule has 0 saturated carbocycles. The van der Waals surface area contributed by atoms with Gasteiger partial charge in [0.1, 0.15) is 5.76 Å². The zero-order valence-corrected chi connectivity index (χ0v) is 11.2. The van der Waals surface area contributed by atoms with Gasteiger partial charge in [-0.05, 0) is 37.6 Å². The largest absolute Gasteiger partial charge is 0.446 e. The lowest BCUT2D eigenvalue weighted by Crippen LogP contribution is -2.04. The van der Waals surface area contributed by atoms with Crippen LogP contribution in [0.15, 0.2) is 28.7 Å². The minimum absolute atomic E-state index is 0.601. The Morgan fingerprint density at radius 1 is 1.17 bits per heavy atom. The number of aryl methyl sites for hydroxylation is 3. The first-order valence-corrected chi connectivity index (χ1v) is 6.46. The first-order valence-electron chi connectivity index (χ1n) is 6.08. The van der Waals surface area contributed by atoms with Crippen LogP contribution in [-0.2, 0) is 19.3 Å². The van der Waals surface area contributed by atoms with Gasteiger partial charge in [0.05, 0.1) is 5.69 Å². The topological polar surface area (TPSA) is 52.0 Å². The molecule has 1 aromatic heterocycles. The van der Waals surface area contributed by atoms with Crippen LogP contribution in [-0.4, -0.2) is 11.5 Å². The summed E-state index contributed by atoms with van der Waals surface area (Å²) < 4.78 is 5.62. The second-order valence-corrected chi connectivity index (χ2v) is 4.71. The van der Waals surface area contributed by atoms with Gasteiger partial charge in [0, 0.05) is 17.9 Å². The van der Waals surface area contributed by atoms with Crippen molar-refractivity contribution in [3.63, 3.8) is 0 Å². The van der Waals surface area contributed by atoms with Gasteiger partial charge < -0.3 is 10.2 Å². The van der Waals surface area contributed by atoms with Crippen LogP contribution in [0.25, 0.3) is 0 Å². The average Bonchev–Trinajstić information content (AvgIpc) is 2.70. The van der Waals surface area contributed by atoms with Crippen LogP contribution < -0.4 is 5.73 Å². The molecule has 0 bridgehead atoms. The number of aromatic nitrogens is 1. The number of benzene rings is 1. The third-order valence-electron chi connectivity index (χ3n) is 2.86. The molecule has 2 rings (SSSR count). The normalized spacial score (nSPS) is 10.8. The summed E-state index contributed by atoms with van der Waals surface area (Å²) in [5.74, 6) is 1.66. The summed E-state index contributed by atoms with van der Waals surface area (Å²) in [4.78, 5) is 4.46. The van der Waals surface area contributed by atoms with Crippen LogP contribution in [0.5, 0.6) is 0 Å². The fourth-order valence-electron chi connectivity index (χ4n) is 1.87. The quantitative estimate of drug-likeness (QED) is 0.903. The molecule has 0 aliphatic heterocycles.